The average molecular weight is 565 g/mol. The Morgan fingerprint density at radius 3 is 2.33 bits per heavy atom. The quantitative estimate of drug-likeness (QED) is 0.235. The van der Waals surface area contributed by atoms with E-state index in [1.54, 1.807) is 40.7 Å². The molecule has 0 fully saturated rings. The van der Waals surface area contributed by atoms with Gasteiger partial charge in [0.25, 0.3) is 0 Å². The van der Waals surface area contributed by atoms with E-state index in [0.29, 0.717) is 24.0 Å². The number of nitrogens with zero attached hydrogens (tertiary/aromatic N) is 1. The number of primary amides is 1. The molecule has 12 heteroatoms. The highest BCUT2D eigenvalue weighted by Gasteiger charge is 2.36. The summed E-state index contributed by atoms with van der Waals surface area (Å²) in [4.78, 5) is 64.9. The van der Waals surface area contributed by atoms with Crippen LogP contribution in [0, 0.1) is 6.92 Å². The fourth-order valence-electron chi connectivity index (χ4n) is 3.83. The largest absolute Gasteiger partial charge is 0.508 e. The Balaban J connectivity index is 3.47. The van der Waals surface area contributed by atoms with Crippen molar-refractivity contribution in [3.05, 3.63) is 29.3 Å². The number of rotatable bonds is 15. The molecule has 1 aromatic carbocycles. The number of alkyl carbamates (subject to hydrolysis) is 1. The van der Waals surface area contributed by atoms with Gasteiger partial charge in [0, 0.05) is 19.5 Å². The van der Waals surface area contributed by atoms with E-state index in [4.69, 9.17) is 15.2 Å². The Kier molecular flexibility index (Phi) is 13.9. The number of aromatic hydroxyl groups is 1. The van der Waals surface area contributed by atoms with Gasteiger partial charge in [-0.2, -0.15) is 0 Å². The molecular weight excluding hydrogens is 520 g/mol. The molecule has 0 aliphatic heterocycles. The first-order chi connectivity index (χ1) is 18.7. The van der Waals surface area contributed by atoms with Crippen LogP contribution in [0.2, 0.25) is 0 Å². The zero-order valence-corrected chi connectivity index (χ0v) is 24.4. The van der Waals surface area contributed by atoms with Crippen LogP contribution in [0.15, 0.2) is 18.2 Å². The molecule has 0 bridgehead atoms. The summed E-state index contributed by atoms with van der Waals surface area (Å²) < 4.78 is 10.2. The summed E-state index contributed by atoms with van der Waals surface area (Å²) in [6.45, 7) is 10.6. The summed E-state index contributed by atoms with van der Waals surface area (Å²) in [7, 11) is 0. The van der Waals surface area contributed by atoms with Crippen molar-refractivity contribution in [1.82, 2.24) is 15.5 Å². The highest BCUT2D eigenvalue weighted by atomic mass is 16.6. The second-order valence-corrected chi connectivity index (χ2v) is 10.4. The van der Waals surface area contributed by atoms with Gasteiger partial charge < -0.3 is 35.8 Å². The van der Waals surface area contributed by atoms with E-state index in [9.17, 15) is 29.1 Å². The van der Waals surface area contributed by atoms with Crippen molar-refractivity contribution in [1.29, 1.82) is 0 Å². The lowest BCUT2D eigenvalue weighted by molar-refractivity contribution is -0.144. The first-order valence-electron chi connectivity index (χ1n) is 13.5. The van der Waals surface area contributed by atoms with Crippen molar-refractivity contribution >= 4 is 29.8 Å². The van der Waals surface area contributed by atoms with Crippen LogP contribution in [0.1, 0.15) is 83.9 Å². The fraction of sp³-hybridized carbons (Fsp3) is 0.607. The second kappa shape index (κ2) is 16.3. The summed E-state index contributed by atoms with van der Waals surface area (Å²) in [5.41, 5.74) is 5.39. The zero-order valence-electron chi connectivity index (χ0n) is 24.4. The third-order valence-electron chi connectivity index (χ3n) is 5.73. The summed E-state index contributed by atoms with van der Waals surface area (Å²) >= 11 is 0. The molecule has 2 unspecified atom stereocenters. The van der Waals surface area contributed by atoms with Crippen LogP contribution in [-0.2, 0) is 28.7 Å². The molecule has 0 aromatic heterocycles. The number of phenols is 1. The maximum atomic E-state index is 14.0. The van der Waals surface area contributed by atoms with Crippen LogP contribution in [0.25, 0.3) is 0 Å². The Morgan fingerprint density at radius 2 is 1.77 bits per heavy atom. The van der Waals surface area contributed by atoms with Crippen molar-refractivity contribution in [3.8, 4) is 5.75 Å². The first kappa shape index (κ1) is 34.2. The number of hydrogen-bond acceptors (Lipinski definition) is 8. The summed E-state index contributed by atoms with van der Waals surface area (Å²) in [6, 6.07) is 2.17. The van der Waals surface area contributed by atoms with Gasteiger partial charge in [-0.3, -0.25) is 19.2 Å². The number of amides is 4. The van der Waals surface area contributed by atoms with Crippen LogP contribution in [0.3, 0.4) is 0 Å². The van der Waals surface area contributed by atoms with E-state index >= 15 is 0 Å². The molecule has 12 nitrogen and oxygen atoms in total. The van der Waals surface area contributed by atoms with E-state index in [1.807, 2.05) is 6.92 Å². The van der Waals surface area contributed by atoms with Gasteiger partial charge in [-0.15, -0.1) is 0 Å². The number of aryl methyl sites for hydroxylation is 1. The molecular formula is C28H44N4O8. The highest BCUT2D eigenvalue weighted by molar-refractivity contribution is 5.92. The maximum Gasteiger partial charge on any atom is 0.408 e. The number of benzene rings is 1. The van der Waals surface area contributed by atoms with Crippen molar-refractivity contribution in [3.63, 3.8) is 0 Å². The molecule has 5 N–H and O–H groups in total. The molecule has 0 saturated carbocycles. The first-order valence-corrected chi connectivity index (χ1v) is 13.5. The molecule has 224 valence electrons. The Morgan fingerprint density at radius 1 is 1.10 bits per heavy atom. The van der Waals surface area contributed by atoms with Crippen LogP contribution in [-0.4, -0.2) is 71.1 Å². The third kappa shape index (κ3) is 11.9. The third-order valence-corrected chi connectivity index (χ3v) is 5.73. The number of unbranched alkanes of at least 4 members (excludes halogenated alkanes) is 1. The number of carbonyl (C=O) groups is 5. The van der Waals surface area contributed by atoms with E-state index < -0.39 is 47.5 Å². The minimum atomic E-state index is -1.22. The SMILES string of the molecule is CCCCN(C(=O)C(CCC(N)=O)NC(=O)OC(C)(C)C)C(C(=O)NCCC(=O)OCC)c1ccc(O)c(C)c1. The minimum Gasteiger partial charge on any atom is -0.508 e. The topological polar surface area (TPSA) is 177 Å². The van der Waals surface area contributed by atoms with Crippen molar-refractivity contribution in [2.45, 2.75) is 91.3 Å². The molecule has 2 atom stereocenters. The number of carbonyl (C=O) groups excluding carboxylic acids is 5. The van der Waals surface area contributed by atoms with Crippen LogP contribution in [0.5, 0.6) is 5.75 Å². The molecule has 0 aliphatic rings. The van der Waals surface area contributed by atoms with Crippen molar-refractivity contribution in [2.24, 2.45) is 5.73 Å². The molecule has 1 aromatic rings. The van der Waals surface area contributed by atoms with E-state index in [-0.39, 0.29) is 44.7 Å². The lowest BCUT2D eigenvalue weighted by Crippen LogP contribution is -2.53. The van der Waals surface area contributed by atoms with Gasteiger partial charge in [0.05, 0.1) is 13.0 Å². The highest BCUT2D eigenvalue weighted by Crippen LogP contribution is 2.28. The summed E-state index contributed by atoms with van der Waals surface area (Å²) in [6.07, 6.45) is 0.00259. The minimum absolute atomic E-state index is 0.0163. The van der Waals surface area contributed by atoms with Gasteiger partial charge in [-0.25, -0.2) is 4.79 Å². The number of esters is 1. The predicted molar refractivity (Wildman–Crippen MR) is 148 cm³/mol. The number of phenolic OH excluding ortho intramolecular Hbond substituents is 1. The van der Waals surface area contributed by atoms with Gasteiger partial charge in [0.2, 0.25) is 17.7 Å². The molecule has 0 spiro atoms. The van der Waals surface area contributed by atoms with Crippen LogP contribution < -0.4 is 16.4 Å². The average Bonchev–Trinajstić information content (AvgIpc) is 2.84. The lowest BCUT2D eigenvalue weighted by atomic mass is 9.99. The molecule has 4 amide bonds. The van der Waals surface area contributed by atoms with Crippen molar-refractivity contribution in [2.75, 3.05) is 19.7 Å². The van der Waals surface area contributed by atoms with Crippen LogP contribution in [0.4, 0.5) is 4.79 Å². The molecule has 0 aliphatic carbocycles. The second-order valence-electron chi connectivity index (χ2n) is 10.4. The fourth-order valence-corrected chi connectivity index (χ4v) is 3.83. The Bertz CT molecular complexity index is 1040. The Hall–Kier alpha value is -3.83. The van der Waals surface area contributed by atoms with E-state index in [0.717, 1.165) is 0 Å². The maximum absolute atomic E-state index is 14.0. The van der Waals surface area contributed by atoms with Gasteiger partial charge in [0.1, 0.15) is 23.4 Å². The molecule has 0 radical (unpaired) electrons. The normalized spacial score (nSPS) is 12.6. The zero-order chi connectivity index (χ0) is 30.5. The standard InChI is InChI=1S/C28H44N4O8/c1-7-9-16-32(26(37)20(11-13-22(29)34)31-27(38)40-28(4,5)6)24(19-10-12-21(33)18(3)17-19)25(36)30-15-14-23(35)39-8-2/h10,12,17,20,24,33H,7-9,11,13-16H2,1-6H3,(H2,29,34)(H,30,36)(H,31,38). The number of nitrogens with two attached hydrogens (primary N) is 1. The van der Waals surface area contributed by atoms with Gasteiger partial charge in [0.15, 0.2) is 0 Å². The van der Waals surface area contributed by atoms with E-state index in [1.165, 1.54) is 17.0 Å². The van der Waals surface area contributed by atoms with Gasteiger partial charge in [-0.05, 0) is 70.7 Å². The van der Waals surface area contributed by atoms with E-state index in [2.05, 4.69) is 10.6 Å². The number of ether oxygens (including phenoxy) is 2. The molecule has 40 heavy (non-hydrogen) atoms. The number of hydrogen-bond donors (Lipinski definition) is 4. The summed E-state index contributed by atoms with van der Waals surface area (Å²) in [5.74, 6) is -2.30. The molecule has 1 rings (SSSR count). The molecule has 0 heterocycles. The summed E-state index contributed by atoms with van der Waals surface area (Å²) in [5, 5.41) is 15.3. The predicted octanol–water partition coefficient (Wildman–Crippen LogP) is 2.60. The van der Waals surface area contributed by atoms with Gasteiger partial charge >= 0.3 is 12.1 Å². The lowest BCUT2D eigenvalue weighted by Gasteiger charge is -2.34. The Labute approximate surface area is 235 Å². The van der Waals surface area contributed by atoms with Gasteiger partial charge in [-0.1, -0.05) is 19.4 Å². The van der Waals surface area contributed by atoms with Crippen molar-refractivity contribution < 1.29 is 38.6 Å². The number of nitrogens with one attached hydrogen (secondary N) is 2. The molecule has 0 saturated heterocycles. The monoisotopic (exact) mass is 564 g/mol. The van der Waals surface area contributed by atoms with Crippen LogP contribution >= 0.6 is 0 Å². The smallest absolute Gasteiger partial charge is 0.408 e.